The molecule has 0 spiro atoms. The van der Waals surface area contributed by atoms with E-state index in [2.05, 4.69) is 4.98 Å². The second-order valence-corrected chi connectivity index (χ2v) is 4.35. The Morgan fingerprint density at radius 3 is 2.93 bits per heavy atom. The van der Waals surface area contributed by atoms with Crippen molar-refractivity contribution in [2.24, 2.45) is 7.05 Å². The molecule has 3 nitrogen and oxygen atoms in total. The maximum atomic E-state index is 9.93. The zero-order valence-electron chi connectivity index (χ0n) is 7.51. The molecule has 0 saturated carbocycles. The van der Waals surface area contributed by atoms with Crippen LogP contribution in [0.5, 0.6) is 0 Å². The lowest BCUT2D eigenvalue weighted by Gasteiger charge is -2.04. The summed E-state index contributed by atoms with van der Waals surface area (Å²) in [5.41, 5.74) is 0.622. The summed E-state index contributed by atoms with van der Waals surface area (Å²) in [5, 5.41) is 12.4. The number of thiophene rings is 1. The number of aromatic nitrogens is 2. The van der Waals surface area contributed by atoms with Gasteiger partial charge in [0.2, 0.25) is 0 Å². The predicted octanol–water partition coefficient (Wildman–Crippen LogP) is 2.22. The Morgan fingerprint density at radius 2 is 2.43 bits per heavy atom. The molecule has 0 bridgehead atoms. The van der Waals surface area contributed by atoms with Gasteiger partial charge in [-0.1, -0.05) is 11.6 Å². The number of aliphatic hydroxyl groups is 1. The Kier molecular flexibility index (Phi) is 2.58. The highest BCUT2D eigenvalue weighted by molar-refractivity contribution is 7.10. The van der Waals surface area contributed by atoms with E-state index in [1.165, 1.54) is 11.3 Å². The molecule has 0 aliphatic heterocycles. The van der Waals surface area contributed by atoms with Crippen LogP contribution in [0.15, 0.2) is 24.0 Å². The number of aliphatic hydroxyl groups excluding tert-OH is 1. The van der Waals surface area contributed by atoms with Crippen LogP contribution in [0.3, 0.4) is 0 Å². The van der Waals surface area contributed by atoms with Gasteiger partial charge in [0.05, 0.1) is 21.9 Å². The summed E-state index contributed by atoms with van der Waals surface area (Å²) in [6.07, 6.45) is 2.71. The summed E-state index contributed by atoms with van der Waals surface area (Å²) < 4.78 is 1.79. The first-order valence-corrected chi connectivity index (χ1v) is 5.33. The average Bonchev–Trinajstić information content (AvgIpc) is 2.73. The standard InChI is InChI=1S/C9H9ClN2OS/c1-12-4-7(11-5-12)8(13)9-6(10)2-3-14-9/h2-5,8,13H,1H3. The second kappa shape index (κ2) is 3.73. The quantitative estimate of drug-likeness (QED) is 0.856. The first-order valence-electron chi connectivity index (χ1n) is 4.07. The number of rotatable bonds is 2. The molecule has 0 aliphatic rings. The highest BCUT2D eigenvalue weighted by Crippen LogP contribution is 2.31. The van der Waals surface area contributed by atoms with Crippen LogP contribution in [-0.4, -0.2) is 14.7 Å². The summed E-state index contributed by atoms with van der Waals surface area (Å²) in [7, 11) is 1.86. The van der Waals surface area contributed by atoms with E-state index in [1.807, 2.05) is 12.4 Å². The smallest absolute Gasteiger partial charge is 0.133 e. The van der Waals surface area contributed by atoms with E-state index in [1.54, 1.807) is 23.2 Å². The third kappa shape index (κ3) is 1.68. The highest BCUT2D eigenvalue weighted by Gasteiger charge is 2.17. The molecule has 1 atom stereocenters. The van der Waals surface area contributed by atoms with E-state index in [-0.39, 0.29) is 0 Å². The summed E-state index contributed by atoms with van der Waals surface area (Å²) in [5.74, 6) is 0. The molecule has 1 unspecified atom stereocenters. The minimum absolute atomic E-state index is 0.591. The maximum Gasteiger partial charge on any atom is 0.133 e. The molecule has 1 N–H and O–H groups in total. The third-order valence-corrected chi connectivity index (χ3v) is 3.31. The normalized spacial score (nSPS) is 13.1. The van der Waals surface area contributed by atoms with Crippen LogP contribution >= 0.6 is 22.9 Å². The first kappa shape index (κ1) is 9.71. The number of imidazole rings is 1. The van der Waals surface area contributed by atoms with E-state index < -0.39 is 6.10 Å². The van der Waals surface area contributed by atoms with Crippen molar-refractivity contribution in [2.75, 3.05) is 0 Å². The van der Waals surface area contributed by atoms with Gasteiger partial charge in [-0.05, 0) is 11.4 Å². The van der Waals surface area contributed by atoms with Crippen molar-refractivity contribution in [3.63, 3.8) is 0 Å². The van der Waals surface area contributed by atoms with Gasteiger partial charge < -0.3 is 9.67 Å². The van der Waals surface area contributed by atoms with E-state index in [9.17, 15) is 5.11 Å². The van der Waals surface area contributed by atoms with Crippen molar-refractivity contribution in [3.8, 4) is 0 Å². The molecule has 2 aromatic rings. The van der Waals surface area contributed by atoms with Gasteiger partial charge in [-0.25, -0.2) is 4.98 Å². The minimum Gasteiger partial charge on any atom is -0.381 e. The maximum absolute atomic E-state index is 9.93. The van der Waals surface area contributed by atoms with Crippen molar-refractivity contribution >= 4 is 22.9 Å². The Labute approximate surface area is 90.6 Å². The van der Waals surface area contributed by atoms with Crippen LogP contribution in [0.4, 0.5) is 0 Å². The van der Waals surface area contributed by atoms with Gasteiger partial charge in [-0.2, -0.15) is 0 Å². The molecule has 2 heterocycles. The molecular formula is C9H9ClN2OS. The molecule has 5 heteroatoms. The molecule has 0 amide bonds. The van der Waals surface area contributed by atoms with Gasteiger partial charge in [0.25, 0.3) is 0 Å². The predicted molar refractivity (Wildman–Crippen MR) is 56.6 cm³/mol. The highest BCUT2D eigenvalue weighted by atomic mass is 35.5. The van der Waals surface area contributed by atoms with Crippen LogP contribution in [0, 0.1) is 0 Å². The lowest BCUT2D eigenvalue weighted by atomic mass is 10.2. The molecule has 0 aliphatic carbocycles. The Balaban J connectivity index is 2.33. The molecule has 0 fully saturated rings. The van der Waals surface area contributed by atoms with Crippen molar-refractivity contribution in [1.82, 2.24) is 9.55 Å². The van der Waals surface area contributed by atoms with Crippen molar-refractivity contribution < 1.29 is 5.11 Å². The number of hydrogen-bond acceptors (Lipinski definition) is 3. The molecule has 2 rings (SSSR count). The molecule has 0 aromatic carbocycles. The van der Waals surface area contributed by atoms with Gasteiger partial charge in [0.15, 0.2) is 0 Å². The van der Waals surface area contributed by atoms with E-state index in [0.29, 0.717) is 10.7 Å². The van der Waals surface area contributed by atoms with E-state index in [4.69, 9.17) is 11.6 Å². The van der Waals surface area contributed by atoms with Gasteiger partial charge >= 0.3 is 0 Å². The zero-order chi connectivity index (χ0) is 10.1. The van der Waals surface area contributed by atoms with Crippen LogP contribution in [0.1, 0.15) is 16.7 Å². The zero-order valence-corrected chi connectivity index (χ0v) is 9.09. The lowest BCUT2D eigenvalue weighted by molar-refractivity contribution is 0.219. The van der Waals surface area contributed by atoms with Crippen molar-refractivity contribution in [2.45, 2.75) is 6.10 Å². The third-order valence-electron chi connectivity index (χ3n) is 1.90. The minimum atomic E-state index is -0.719. The molecule has 2 aromatic heterocycles. The topological polar surface area (TPSA) is 38.0 Å². The van der Waals surface area contributed by atoms with E-state index >= 15 is 0 Å². The fourth-order valence-corrected chi connectivity index (χ4v) is 2.36. The van der Waals surface area contributed by atoms with Crippen molar-refractivity contribution in [1.29, 1.82) is 0 Å². The van der Waals surface area contributed by atoms with Gasteiger partial charge in [-0.3, -0.25) is 0 Å². The summed E-state index contributed by atoms with van der Waals surface area (Å²) in [6, 6.07) is 1.77. The Hall–Kier alpha value is -0.840. The summed E-state index contributed by atoms with van der Waals surface area (Å²) in [6.45, 7) is 0. The Bertz CT molecular complexity index is 437. The Morgan fingerprint density at radius 1 is 1.64 bits per heavy atom. The van der Waals surface area contributed by atoms with Crippen LogP contribution in [0.2, 0.25) is 5.02 Å². The van der Waals surface area contributed by atoms with Crippen molar-refractivity contribution in [3.05, 3.63) is 39.6 Å². The first-order chi connectivity index (χ1) is 6.68. The van der Waals surface area contributed by atoms with Crippen LogP contribution < -0.4 is 0 Å². The summed E-state index contributed by atoms with van der Waals surface area (Å²) >= 11 is 7.34. The monoisotopic (exact) mass is 228 g/mol. The number of aryl methyl sites for hydroxylation is 1. The van der Waals surface area contributed by atoms with Gasteiger partial charge in [0.1, 0.15) is 6.10 Å². The number of halogens is 1. The molecule has 74 valence electrons. The fraction of sp³-hybridized carbons (Fsp3) is 0.222. The largest absolute Gasteiger partial charge is 0.381 e. The average molecular weight is 229 g/mol. The van der Waals surface area contributed by atoms with Gasteiger partial charge in [0, 0.05) is 13.2 Å². The van der Waals surface area contributed by atoms with Crippen LogP contribution in [0.25, 0.3) is 0 Å². The van der Waals surface area contributed by atoms with E-state index in [0.717, 1.165) is 4.88 Å². The van der Waals surface area contributed by atoms with Gasteiger partial charge in [-0.15, -0.1) is 11.3 Å². The number of nitrogens with zero attached hydrogens (tertiary/aromatic N) is 2. The van der Waals surface area contributed by atoms with Crippen LogP contribution in [-0.2, 0) is 7.05 Å². The second-order valence-electron chi connectivity index (χ2n) is 3.00. The molecular weight excluding hydrogens is 220 g/mol. The lowest BCUT2D eigenvalue weighted by Crippen LogP contribution is -1.97. The fourth-order valence-electron chi connectivity index (χ4n) is 1.21. The molecule has 0 radical (unpaired) electrons. The SMILES string of the molecule is Cn1cnc(C(O)c2sccc2Cl)c1. The summed E-state index contributed by atoms with van der Waals surface area (Å²) in [4.78, 5) is 4.81. The number of hydrogen-bond donors (Lipinski definition) is 1. The molecule has 0 saturated heterocycles. The molecule has 14 heavy (non-hydrogen) atoms.